The van der Waals surface area contributed by atoms with E-state index in [0.717, 1.165) is 45.3 Å². The van der Waals surface area contributed by atoms with Crippen molar-refractivity contribution in [1.82, 2.24) is 9.97 Å². The molecule has 0 bridgehead atoms. The van der Waals surface area contributed by atoms with Gasteiger partial charge in [0.15, 0.2) is 0 Å². The first kappa shape index (κ1) is 25.6. The molecule has 2 heterocycles. The first-order chi connectivity index (χ1) is 19.0. The lowest BCUT2D eigenvalue weighted by atomic mass is 9.97. The standard InChI is InChI=1S/C32H18F6N2/c33-31(34,35)27-13-24(14-28(16-27)32(36,37)38)21-9-10-23-12-26(18-40-30(23)15-21)20-7-5-19(6-8-20)25-11-22-3-1-2-4-29(22)39-17-25/h1-18H. The SMILES string of the molecule is FC(F)(F)c1cc(-c2ccc3cc(-c4ccc(-c5cnc6ccccc6c5)cc4)cnc3c2)cc(C(F)(F)F)c1. The van der Waals surface area contributed by atoms with Gasteiger partial charge in [0.2, 0.25) is 0 Å². The summed E-state index contributed by atoms with van der Waals surface area (Å²) in [5, 5.41) is 1.74. The highest BCUT2D eigenvalue weighted by Gasteiger charge is 2.37. The van der Waals surface area contributed by atoms with E-state index in [2.05, 4.69) is 16.0 Å². The van der Waals surface area contributed by atoms with Gasteiger partial charge in [0.1, 0.15) is 0 Å². The molecule has 0 atom stereocenters. The second-order valence-corrected chi connectivity index (χ2v) is 9.42. The Bertz CT molecular complexity index is 1840. The fraction of sp³-hybridized carbons (Fsp3) is 0.0625. The molecule has 0 aliphatic carbocycles. The second kappa shape index (κ2) is 9.48. The number of hydrogen-bond acceptors (Lipinski definition) is 2. The molecule has 0 N–H and O–H groups in total. The van der Waals surface area contributed by atoms with E-state index >= 15 is 0 Å². The number of rotatable bonds is 3. The average Bonchev–Trinajstić information content (AvgIpc) is 2.95. The molecule has 0 aliphatic heterocycles. The predicted molar refractivity (Wildman–Crippen MR) is 143 cm³/mol. The van der Waals surface area contributed by atoms with Gasteiger partial charge in [0.05, 0.1) is 22.2 Å². The maximum Gasteiger partial charge on any atom is 0.416 e. The van der Waals surface area contributed by atoms with Crippen LogP contribution in [0.5, 0.6) is 0 Å². The Morgan fingerprint density at radius 1 is 0.400 bits per heavy atom. The number of fused-ring (bicyclic) bond motifs is 2. The quantitative estimate of drug-likeness (QED) is 0.207. The highest BCUT2D eigenvalue weighted by molar-refractivity contribution is 5.88. The van der Waals surface area contributed by atoms with Gasteiger partial charge in [-0.15, -0.1) is 0 Å². The summed E-state index contributed by atoms with van der Waals surface area (Å²) >= 11 is 0. The van der Waals surface area contributed by atoms with Gasteiger partial charge in [0, 0.05) is 34.3 Å². The maximum atomic E-state index is 13.3. The van der Waals surface area contributed by atoms with Crippen molar-refractivity contribution in [1.29, 1.82) is 0 Å². The Morgan fingerprint density at radius 3 is 1.48 bits per heavy atom. The van der Waals surface area contributed by atoms with Gasteiger partial charge in [-0.05, 0) is 64.7 Å². The highest BCUT2D eigenvalue weighted by atomic mass is 19.4. The van der Waals surface area contributed by atoms with Crippen LogP contribution in [0.2, 0.25) is 0 Å². The Balaban J connectivity index is 1.32. The molecule has 2 nitrogen and oxygen atoms in total. The van der Waals surface area contributed by atoms with Crippen molar-refractivity contribution in [2.45, 2.75) is 12.4 Å². The normalized spacial score (nSPS) is 12.2. The Hall–Kier alpha value is -4.72. The minimum absolute atomic E-state index is 0.122. The summed E-state index contributed by atoms with van der Waals surface area (Å²) in [4.78, 5) is 8.96. The van der Waals surface area contributed by atoms with E-state index in [1.165, 1.54) is 12.1 Å². The zero-order valence-corrected chi connectivity index (χ0v) is 20.6. The lowest BCUT2D eigenvalue weighted by molar-refractivity contribution is -0.143. The number of aromatic nitrogens is 2. The molecule has 4 aromatic carbocycles. The van der Waals surface area contributed by atoms with Crippen LogP contribution in [-0.2, 0) is 12.4 Å². The Labute approximate surface area is 224 Å². The minimum Gasteiger partial charge on any atom is -0.256 e. The molecule has 0 saturated heterocycles. The van der Waals surface area contributed by atoms with Crippen molar-refractivity contribution in [3.63, 3.8) is 0 Å². The van der Waals surface area contributed by atoms with Crippen LogP contribution in [0, 0.1) is 0 Å². The topological polar surface area (TPSA) is 25.8 Å². The lowest BCUT2D eigenvalue weighted by Crippen LogP contribution is -2.11. The number of alkyl halides is 6. The van der Waals surface area contributed by atoms with Crippen LogP contribution in [0.1, 0.15) is 11.1 Å². The minimum atomic E-state index is -4.92. The average molecular weight is 544 g/mol. The Kier molecular flexibility index (Phi) is 6.06. The number of nitrogens with zero attached hydrogens (tertiary/aromatic N) is 2. The summed E-state index contributed by atoms with van der Waals surface area (Å²) in [6.07, 6.45) is -6.37. The van der Waals surface area contributed by atoms with E-state index in [1.54, 1.807) is 12.3 Å². The molecule has 40 heavy (non-hydrogen) atoms. The van der Waals surface area contributed by atoms with Crippen LogP contribution >= 0.6 is 0 Å². The molecule has 2 aromatic heterocycles. The molecule has 198 valence electrons. The molecule has 0 fully saturated rings. The number of pyridine rings is 2. The smallest absolute Gasteiger partial charge is 0.256 e. The van der Waals surface area contributed by atoms with E-state index in [4.69, 9.17) is 0 Å². The third kappa shape index (κ3) is 5.00. The first-order valence-electron chi connectivity index (χ1n) is 12.2. The molecule has 0 amide bonds. The number of halogens is 6. The molecule has 6 rings (SSSR count). The molecule has 0 spiro atoms. The monoisotopic (exact) mass is 544 g/mol. The van der Waals surface area contributed by atoms with Gasteiger partial charge in [-0.1, -0.05) is 54.6 Å². The van der Waals surface area contributed by atoms with Crippen LogP contribution in [-0.4, -0.2) is 9.97 Å². The highest BCUT2D eigenvalue weighted by Crippen LogP contribution is 2.39. The zero-order chi connectivity index (χ0) is 28.1. The summed E-state index contributed by atoms with van der Waals surface area (Å²) in [5.41, 5.74) is 2.38. The molecular formula is C32H18F6N2. The third-order valence-corrected chi connectivity index (χ3v) is 6.75. The van der Waals surface area contributed by atoms with Gasteiger partial charge in [0.25, 0.3) is 0 Å². The lowest BCUT2D eigenvalue weighted by Gasteiger charge is -2.14. The predicted octanol–water partition coefficient (Wildman–Crippen LogP) is 9.82. The summed E-state index contributed by atoms with van der Waals surface area (Å²) in [6.45, 7) is 0. The largest absolute Gasteiger partial charge is 0.416 e. The van der Waals surface area contributed by atoms with Crippen LogP contribution in [0.4, 0.5) is 26.3 Å². The van der Waals surface area contributed by atoms with Crippen LogP contribution in [0.25, 0.3) is 55.2 Å². The van der Waals surface area contributed by atoms with Gasteiger partial charge < -0.3 is 0 Å². The molecule has 8 heteroatoms. The van der Waals surface area contributed by atoms with Crippen molar-refractivity contribution >= 4 is 21.8 Å². The van der Waals surface area contributed by atoms with E-state index < -0.39 is 23.5 Å². The van der Waals surface area contributed by atoms with E-state index in [0.29, 0.717) is 10.9 Å². The number of benzene rings is 4. The fourth-order valence-corrected chi connectivity index (χ4v) is 4.66. The molecule has 0 saturated carbocycles. The van der Waals surface area contributed by atoms with Gasteiger partial charge in [-0.25, -0.2) is 0 Å². The zero-order valence-electron chi connectivity index (χ0n) is 20.6. The number of para-hydroxylation sites is 1. The number of hydrogen-bond donors (Lipinski definition) is 0. The van der Waals surface area contributed by atoms with Crippen molar-refractivity contribution in [2.75, 3.05) is 0 Å². The Morgan fingerprint density at radius 2 is 0.900 bits per heavy atom. The summed E-state index contributed by atoms with van der Waals surface area (Å²) in [5.74, 6) is 0. The first-order valence-corrected chi connectivity index (χ1v) is 12.2. The molecular weight excluding hydrogens is 526 g/mol. The second-order valence-electron chi connectivity index (χ2n) is 9.42. The maximum absolute atomic E-state index is 13.3. The van der Waals surface area contributed by atoms with Gasteiger partial charge in [-0.3, -0.25) is 9.97 Å². The molecule has 6 aromatic rings. The van der Waals surface area contributed by atoms with Crippen molar-refractivity contribution in [3.05, 3.63) is 121 Å². The van der Waals surface area contributed by atoms with E-state index in [1.807, 2.05) is 60.8 Å². The van der Waals surface area contributed by atoms with Crippen LogP contribution in [0.3, 0.4) is 0 Å². The van der Waals surface area contributed by atoms with Gasteiger partial charge in [-0.2, -0.15) is 26.3 Å². The molecule has 0 unspecified atom stereocenters. The van der Waals surface area contributed by atoms with Crippen molar-refractivity contribution in [2.24, 2.45) is 0 Å². The summed E-state index contributed by atoms with van der Waals surface area (Å²) in [6, 6.07) is 25.9. The molecule has 0 aliphatic rings. The van der Waals surface area contributed by atoms with Crippen LogP contribution in [0.15, 0.2) is 109 Å². The van der Waals surface area contributed by atoms with E-state index in [9.17, 15) is 26.3 Å². The molecule has 0 radical (unpaired) electrons. The van der Waals surface area contributed by atoms with E-state index in [-0.39, 0.29) is 17.2 Å². The fourth-order valence-electron chi connectivity index (χ4n) is 4.66. The van der Waals surface area contributed by atoms with Crippen LogP contribution < -0.4 is 0 Å². The van der Waals surface area contributed by atoms with Gasteiger partial charge >= 0.3 is 12.4 Å². The third-order valence-electron chi connectivity index (χ3n) is 6.75. The van der Waals surface area contributed by atoms with Crippen molar-refractivity contribution in [3.8, 4) is 33.4 Å². The summed E-state index contributed by atoms with van der Waals surface area (Å²) < 4.78 is 79.9. The summed E-state index contributed by atoms with van der Waals surface area (Å²) in [7, 11) is 0. The van der Waals surface area contributed by atoms with Crippen molar-refractivity contribution < 1.29 is 26.3 Å².